The maximum absolute atomic E-state index is 11.8. The van der Waals surface area contributed by atoms with Gasteiger partial charge in [-0.05, 0) is 12.0 Å². The number of hydrogen-bond acceptors (Lipinski definition) is 3. The van der Waals surface area contributed by atoms with Crippen molar-refractivity contribution in [3.63, 3.8) is 0 Å². The maximum atomic E-state index is 11.8. The summed E-state index contributed by atoms with van der Waals surface area (Å²) in [6.07, 6.45) is 0.712. The molecule has 5 nitrogen and oxygen atoms in total. The lowest BCUT2D eigenvalue weighted by Crippen LogP contribution is -2.43. The number of benzene rings is 1. The van der Waals surface area contributed by atoms with Crippen molar-refractivity contribution < 1.29 is 9.59 Å². The Morgan fingerprint density at radius 3 is 2.50 bits per heavy atom. The van der Waals surface area contributed by atoms with Crippen molar-refractivity contribution >= 4 is 19.8 Å². The Kier molecular flexibility index (Phi) is 5.94. The van der Waals surface area contributed by atoms with Gasteiger partial charge in [0.05, 0.1) is 13.1 Å². The van der Waals surface area contributed by atoms with Gasteiger partial charge in [-0.3, -0.25) is 9.59 Å². The standard InChI is InChI=1S/C12H18BN3O2/c13-15-8-12(18)16(9-11(14)17)7-6-10-4-2-1-3-5-10/h1-5,15H,6-9,13H2,(H2,14,17). The Labute approximate surface area is 108 Å². The van der Waals surface area contributed by atoms with Crippen LogP contribution in [0.2, 0.25) is 0 Å². The molecule has 0 atom stereocenters. The summed E-state index contributed by atoms with van der Waals surface area (Å²) in [6.45, 7) is 0.670. The average molecular weight is 247 g/mol. The van der Waals surface area contributed by atoms with Crippen molar-refractivity contribution in [3.05, 3.63) is 35.9 Å². The van der Waals surface area contributed by atoms with E-state index in [0.29, 0.717) is 13.0 Å². The highest BCUT2D eigenvalue weighted by Gasteiger charge is 2.14. The number of nitrogens with one attached hydrogen (secondary N) is 1. The molecule has 18 heavy (non-hydrogen) atoms. The molecular formula is C12H18BN3O2. The number of hydrogen-bond donors (Lipinski definition) is 2. The molecule has 0 aromatic heterocycles. The van der Waals surface area contributed by atoms with Crippen LogP contribution in [0.25, 0.3) is 0 Å². The van der Waals surface area contributed by atoms with Gasteiger partial charge in [0.2, 0.25) is 11.8 Å². The summed E-state index contributed by atoms with van der Waals surface area (Å²) in [7, 11) is 1.69. The molecule has 6 heteroatoms. The summed E-state index contributed by atoms with van der Waals surface area (Å²) >= 11 is 0. The van der Waals surface area contributed by atoms with Crippen LogP contribution in [0.1, 0.15) is 5.56 Å². The van der Waals surface area contributed by atoms with Gasteiger partial charge in [-0.1, -0.05) is 30.3 Å². The average Bonchev–Trinajstić information content (AvgIpc) is 2.35. The fraction of sp³-hybridized carbons (Fsp3) is 0.333. The van der Waals surface area contributed by atoms with E-state index < -0.39 is 5.91 Å². The minimum absolute atomic E-state index is 0.0344. The first-order chi connectivity index (χ1) is 8.63. The number of carbonyl (C=O) groups is 2. The number of amides is 2. The predicted molar refractivity (Wildman–Crippen MR) is 72.5 cm³/mol. The summed E-state index contributed by atoms with van der Waals surface area (Å²) in [4.78, 5) is 24.2. The van der Waals surface area contributed by atoms with Crippen molar-refractivity contribution in [2.24, 2.45) is 5.73 Å². The molecule has 1 rings (SSSR count). The molecule has 0 saturated heterocycles. The zero-order chi connectivity index (χ0) is 13.4. The molecule has 2 amide bonds. The van der Waals surface area contributed by atoms with E-state index in [9.17, 15) is 9.59 Å². The third kappa shape index (κ3) is 5.01. The number of carbonyl (C=O) groups excluding carboxylic acids is 2. The van der Waals surface area contributed by atoms with Crippen molar-refractivity contribution in [2.45, 2.75) is 6.42 Å². The Hall–Kier alpha value is -1.82. The quantitative estimate of drug-likeness (QED) is 0.587. The van der Waals surface area contributed by atoms with E-state index >= 15 is 0 Å². The fourth-order valence-electron chi connectivity index (χ4n) is 1.65. The van der Waals surface area contributed by atoms with Crippen molar-refractivity contribution in [1.82, 2.24) is 10.1 Å². The van der Waals surface area contributed by atoms with Crippen LogP contribution in [0.3, 0.4) is 0 Å². The van der Waals surface area contributed by atoms with E-state index in [-0.39, 0.29) is 19.0 Å². The molecule has 0 aliphatic rings. The molecule has 96 valence electrons. The summed E-state index contributed by atoms with van der Waals surface area (Å²) in [6, 6.07) is 9.82. The Morgan fingerprint density at radius 2 is 1.94 bits per heavy atom. The van der Waals surface area contributed by atoms with Gasteiger partial charge in [-0.2, -0.15) is 0 Å². The third-order valence-corrected chi connectivity index (χ3v) is 2.54. The zero-order valence-electron chi connectivity index (χ0n) is 10.6. The molecule has 1 aromatic rings. The van der Waals surface area contributed by atoms with E-state index in [2.05, 4.69) is 5.23 Å². The van der Waals surface area contributed by atoms with E-state index in [1.807, 2.05) is 30.3 Å². The van der Waals surface area contributed by atoms with Crippen LogP contribution < -0.4 is 11.0 Å². The number of nitrogens with zero attached hydrogens (tertiary/aromatic N) is 1. The monoisotopic (exact) mass is 247 g/mol. The van der Waals surface area contributed by atoms with Gasteiger partial charge in [-0.25, -0.2) is 0 Å². The number of primary amides is 1. The van der Waals surface area contributed by atoms with Crippen LogP contribution in [-0.2, 0) is 16.0 Å². The smallest absolute Gasteiger partial charge is 0.237 e. The SMILES string of the molecule is BNCC(=O)N(CCc1ccccc1)CC(N)=O. The lowest BCUT2D eigenvalue weighted by Gasteiger charge is -2.21. The van der Waals surface area contributed by atoms with Gasteiger partial charge >= 0.3 is 0 Å². The van der Waals surface area contributed by atoms with Gasteiger partial charge in [0.1, 0.15) is 0 Å². The van der Waals surface area contributed by atoms with Crippen LogP contribution in [0.5, 0.6) is 0 Å². The van der Waals surface area contributed by atoms with Crippen LogP contribution in [0, 0.1) is 0 Å². The molecule has 0 heterocycles. The van der Waals surface area contributed by atoms with E-state index in [4.69, 9.17) is 5.73 Å². The minimum Gasteiger partial charge on any atom is -0.368 e. The fourth-order valence-corrected chi connectivity index (χ4v) is 1.65. The highest BCUT2D eigenvalue weighted by molar-refractivity contribution is 6.06. The lowest BCUT2D eigenvalue weighted by atomic mass is 10.1. The largest absolute Gasteiger partial charge is 0.368 e. The summed E-state index contributed by atoms with van der Waals surface area (Å²) < 4.78 is 0. The molecule has 0 fully saturated rings. The van der Waals surface area contributed by atoms with Gasteiger partial charge in [-0.15, -0.1) is 0 Å². The Bertz CT molecular complexity index is 398. The normalized spacial score (nSPS) is 10.0. The van der Waals surface area contributed by atoms with E-state index in [1.54, 1.807) is 7.98 Å². The summed E-state index contributed by atoms with van der Waals surface area (Å²) in [5, 5.41) is 2.78. The first-order valence-corrected chi connectivity index (χ1v) is 5.88. The molecule has 0 aliphatic heterocycles. The first kappa shape index (κ1) is 14.2. The van der Waals surface area contributed by atoms with Gasteiger partial charge in [0, 0.05) is 6.54 Å². The van der Waals surface area contributed by atoms with Crippen LogP contribution in [0.15, 0.2) is 30.3 Å². The molecule has 0 bridgehead atoms. The summed E-state index contributed by atoms with van der Waals surface area (Å²) in [5.74, 6) is -0.611. The highest BCUT2D eigenvalue weighted by atomic mass is 16.2. The van der Waals surface area contributed by atoms with Crippen molar-refractivity contribution in [1.29, 1.82) is 0 Å². The second-order valence-corrected chi connectivity index (χ2v) is 4.05. The van der Waals surface area contributed by atoms with Crippen LogP contribution >= 0.6 is 0 Å². The van der Waals surface area contributed by atoms with Crippen LogP contribution in [-0.4, -0.2) is 44.3 Å². The molecule has 1 aromatic carbocycles. The van der Waals surface area contributed by atoms with Gasteiger partial charge in [0.25, 0.3) is 0 Å². The minimum atomic E-state index is -0.493. The second kappa shape index (κ2) is 7.50. The lowest BCUT2D eigenvalue weighted by molar-refractivity contribution is -0.134. The molecule has 0 aliphatic carbocycles. The van der Waals surface area contributed by atoms with Crippen molar-refractivity contribution in [3.8, 4) is 0 Å². The van der Waals surface area contributed by atoms with Gasteiger partial charge in [0.15, 0.2) is 7.98 Å². The van der Waals surface area contributed by atoms with Crippen molar-refractivity contribution in [2.75, 3.05) is 19.6 Å². The topological polar surface area (TPSA) is 75.4 Å². The van der Waals surface area contributed by atoms with Gasteiger partial charge < -0.3 is 15.9 Å². The maximum Gasteiger partial charge on any atom is 0.237 e. The van der Waals surface area contributed by atoms with Crippen LogP contribution in [0.4, 0.5) is 0 Å². The number of nitrogens with two attached hydrogens (primary N) is 1. The third-order valence-electron chi connectivity index (χ3n) is 2.54. The Morgan fingerprint density at radius 1 is 1.28 bits per heavy atom. The molecule has 0 unspecified atom stereocenters. The van der Waals surface area contributed by atoms with E-state index in [0.717, 1.165) is 5.56 Å². The number of rotatable bonds is 7. The zero-order valence-corrected chi connectivity index (χ0v) is 10.6. The molecule has 3 N–H and O–H groups in total. The Balaban J connectivity index is 2.55. The molecule has 0 saturated carbocycles. The predicted octanol–water partition coefficient (Wildman–Crippen LogP) is -1.32. The first-order valence-electron chi connectivity index (χ1n) is 5.88. The van der Waals surface area contributed by atoms with E-state index in [1.165, 1.54) is 4.90 Å². The molecular weight excluding hydrogens is 229 g/mol. The molecule has 0 spiro atoms. The summed E-state index contributed by atoms with van der Waals surface area (Å²) in [5.41, 5.74) is 6.27. The molecule has 0 radical (unpaired) electrons. The second-order valence-electron chi connectivity index (χ2n) is 4.05. The highest BCUT2D eigenvalue weighted by Crippen LogP contribution is 2.01.